The molecule has 0 aromatic heterocycles. The second-order valence-electron chi connectivity index (χ2n) is 7.25. The lowest BCUT2D eigenvalue weighted by Gasteiger charge is -2.45. The number of aliphatic carboxylic acids is 1. The van der Waals surface area contributed by atoms with Gasteiger partial charge in [-0.05, 0) is 22.9 Å². The fourth-order valence-corrected chi connectivity index (χ4v) is 3.93. The van der Waals surface area contributed by atoms with Crippen LogP contribution in [-0.2, 0) is 14.4 Å². The van der Waals surface area contributed by atoms with Gasteiger partial charge in [0.05, 0.1) is 6.04 Å². The van der Waals surface area contributed by atoms with Crippen molar-refractivity contribution in [3.63, 3.8) is 0 Å². The van der Waals surface area contributed by atoms with E-state index in [2.05, 4.69) is 15.3 Å². The first-order valence-corrected chi connectivity index (χ1v) is 8.22. The van der Waals surface area contributed by atoms with E-state index in [0.717, 1.165) is 0 Å². The summed E-state index contributed by atoms with van der Waals surface area (Å²) < 4.78 is 0. The molecule has 0 bridgehead atoms. The first-order valence-electron chi connectivity index (χ1n) is 8.22. The van der Waals surface area contributed by atoms with Crippen molar-refractivity contribution in [3.05, 3.63) is 46.3 Å². The Morgan fingerprint density at radius 3 is 2.62 bits per heavy atom. The number of benzene rings is 1. The Bertz CT molecular complexity index is 803. The summed E-state index contributed by atoms with van der Waals surface area (Å²) in [6, 6.07) is 5.36. The molecular formula is C17H19N5O4. The zero-order chi connectivity index (χ0) is 19.1. The molecule has 2 aliphatic rings. The monoisotopic (exact) mass is 357 g/mol. The molecule has 2 N–H and O–H groups in total. The fraction of sp³-hybridized carbons (Fsp3) is 0.471. The van der Waals surface area contributed by atoms with Gasteiger partial charge < -0.3 is 15.3 Å². The highest BCUT2D eigenvalue weighted by Crippen LogP contribution is 2.46. The molecule has 3 rings (SSSR count). The minimum absolute atomic E-state index is 0.370. The average Bonchev–Trinajstić information content (AvgIpc) is 2.86. The van der Waals surface area contributed by atoms with E-state index in [1.165, 1.54) is 4.90 Å². The largest absolute Gasteiger partial charge is 0.480 e. The minimum atomic E-state index is -1.09. The van der Waals surface area contributed by atoms with Crippen LogP contribution in [0, 0.1) is 5.41 Å². The molecule has 9 nitrogen and oxygen atoms in total. The summed E-state index contributed by atoms with van der Waals surface area (Å²) in [7, 11) is 0. The van der Waals surface area contributed by atoms with E-state index < -0.39 is 41.3 Å². The van der Waals surface area contributed by atoms with Crippen molar-refractivity contribution in [2.45, 2.75) is 44.4 Å². The number of amides is 2. The summed E-state index contributed by atoms with van der Waals surface area (Å²) in [6.45, 7) is 3.59. The van der Waals surface area contributed by atoms with Crippen LogP contribution in [0.4, 0.5) is 0 Å². The minimum Gasteiger partial charge on any atom is -0.480 e. The number of hydrogen-bond donors (Lipinski definition) is 2. The number of β-lactam (4-membered cyclic amide) rings is 1. The van der Waals surface area contributed by atoms with Crippen LogP contribution in [-0.4, -0.2) is 45.9 Å². The number of nitrogens with zero attached hydrogens (tertiary/aromatic N) is 4. The highest BCUT2D eigenvalue weighted by molar-refractivity contribution is 5.98. The van der Waals surface area contributed by atoms with Crippen molar-refractivity contribution in [3.8, 4) is 0 Å². The van der Waals surface area contributed by atoms with Crippen molar-refractivity contribution in [1.82, 2.24) is 10.2 Å². The Hall–Kier alpha value is -3.06. The topological polar surface area (TPSA) is 135 Å². The van der Waals surface area contributed by atoms with E-state index in [9.17, 15) is 19.5 Å². The SMILES string of the molecule is CC1(C)C[C@@H]2[C@H](NC(=O)[C@H](N=[N+]=[N-])c3ccccc3)C(=O)N2[C@H]1C(=O)O. The predicted molar refractivity (Wildman–Crippen MR) is 90.7 cm³/mol. The molecule has 0 spiro atoms. The van der Waals surface area contributed by atoms with Gasteiger partial charge in [0.1, 0.15) is 18.1 Å². The summed E-state index contributed by atoms with van der Waals surface area (Å²) in [5.41, 5.74) is 8.68. The third-order valence-electron chi connectivity index (χ3n) is 5.08. The van der Waals surface area contributed by atoms with Crippen molar-refractivity contribution in [2.24, 2.45) is 10.5 Å². The molecule has 0 radical (unpaired) electrons. The van der Waals surface area contributed by atoms with Crippen LogP contribution in [0.15, 0.2) is 35.4 Å². The smallest absolute Gasteiger partial charge is 0.326 e. The third kappa shape index (κ3) is 2.76. The third-order valence-corrected chi connectivity index (χ3v) is 5.08. The summed E-state index contributed by atoms with van der Waals surface area (Å²) in [5, 5.41) is 15.6. The van der Waals surface area contributed by atoms with Gasteiger partial charge in [-0.2, -0.15) is 0 Å². The number of nitrogens with one attached hydrogen (secondary N) is 1. The Morgan fingerprint density at radius 1 is 1.38 bits per heavy atom. The van der Waals surface area contributed by atoms with E-state index in [0.29, 0.717) is 12.0 Å². The lowest BCUT2D eigenvalue weighted by Crippen LogP contribution is -2.71. The molecule has 1 aromatic carbocycles. The second kappa shape index (κ2) is 6.34. The molecule has 2 amide bonds. The van der Waals surface area contributed by atoms with Crippen molar-refractivity contribution in [1.29, 1.82) is 0 Å². The first kappa shape index (κ1) is 17.8. The number of fused-ring (bicyclic) bond motifs is 1. The number of carbonyl (C=O) groups excluding carboxylic acids is 2. The molecule has 9 heteroatoms. The second-order valence-corrected chi connectivity index (χ2v) is 7.25. The van der Waals surface area contributed by atoms with Gasteiger partial charge in [0.2, 0.25) is 11.8 Å². The van der Waals surface area contributed by atoms with Crippen molar-refractivity contribution in [2.75, 3.05) is 0 Å². The zero-order valence-electron chi connectivity index (χ0n) is 14.4. The van der Waals surface area contributed by atoms with Gasteiger partial charge in [-0.1, -0.05) is 49.3 Å². The summed E-state index contributed by atoms with van der Waals surface area (Å²) in [4.78, 5) is 40.6. The van der Waals surface area contributed by atoms with Crippen LogP contribution >= 0.6 is 0 Å². The maximum Gasteiger partial charge on any atom is 0.326 e. The maximum atomic E-state index is 12.6. The van der Waals surface area contributed by atoms with E-state index >= 15 is 0 Å². The number of hydrogen-bond acceptors (Lipinski definition) is 4. The molecule has 0 aliphatic carbocycles. The van der Waals surface area contributed by atoms with Crippen LogP contribution < -0.4 is 5.32 Å². The Morgan fingerprint density at radius 2 is 2.04 bits per heavy atom. The van der Waals surface area contributed by atoms with Crippen molar-refractivity contribution < 1.29 is 19.5 Å². The first-order chi connectivity index (χ1) is 12.3. The van der Waals surface area contributed by atoms with Gasteiger partial charge >= 0.3 is 5.97 Å². The van der Waals surface area contributed by atoms with Gasteiger partial charge in [0.25, 0.3) is 0 Å². The normalized spacial score (nSPS) is 26.9. The molecule has 4 atom stereocenters. The number of carboxylic acid groups (broad SMARTS) is 1. The molecule has 2 saturated heterocycles. The number of azide groups is 1. The van der Waals surface area contributed by atoms with Crippen LogP contribution in [0.2, 0.25) is 0 Å². The molecular weight excluding hydrogens is 338 g/mol. The van der Waals surface area contributed by atoms with E-state index in [4.69, 9.17) is 5.53 Å². The maximum absolute atomic E-state index is 12.6. The average molecular weight is 357 g/mol. The van der Waals surface area contributed by atoms with Crippen LogP contribution in [0.25, 0.3) is 10.4 Å². The lowest BCUT2D eigenvalue weighted by atomic mass is 9.83. The van der Waals surface area contributed by atoms with E-state index in [1.807, 2.05) is 0 Å². The van der Waals surface area contributed by atoms with Gasteiger partial charge in [-0.25, -0.2) is 4.79 Å². The summed E-state index contributed by atoms with van der Waals surface area (Å²) in [5.74, 6) is -2.05. The molecule has 136 valence electrons. The highest BCUT2D eigenvalue weighted by atomic mass is 16.4. The fourth-order valence-electron chi connectivity index (χ4n) is 3.93. The summed E-state index contributed by atoms with van der Waals surface area (Å²) in [6.07, 6.45) is 0.470. The van der Waals surface area contributed by atoms with Crippen LogP contribution in [0.1, 0.15) is 31.9 Å². The quantitative estimate of drug-likeness (QED) is 0.358. The highest BCUT2D eigenvalue weighted by Gasteiger charge is 2.63. The summed E-state index contributed by atoms with van der Waals surface area (Å²) >= 11 is 0. The van der Waals surface area contributed by atoms with Crippen LogP contribution in [0.3, 0.4) is 0 Å². The molecule has 2 heterocycles. The molecule has 26 heavy (non-hydrogen) atoms. The molecule has 1 aromatic rings. The molecule has 0 unspecified atom stereocenters. The molecule has 2 fully saturated rings. The van der Waals surface area contributed by atoms with Gasteiger partial charge in [0.15, 0.2) is 0 Å². The van der Waals surface area contributed by atoms with E-state index in [-0.39, 0.29) is 6.04 Å². The Labute approximate surface area is 149 Å². The Balaban J connectivity index is 1.78. The van der Waals surface area contributed by atoms with E-state index in [1.54, 1.807) is 44.2 Å². The zero-order valence-corrected chi connectivity index (χ0v) is 14.4. The number of rotatable bonds is 5. The van der Waals surface area contributed by atoms with Gasteiger partial charge in [-0.3, -0.25) is 9.59 Å². The predicted octanol–water partition coefficient (Wildman–Crippen LogP) is 1.62. The standard InChI is InChI=1S/C17H19N5O4/c1-17(2)8-10-12(15(24)22(10)13(17)16(25)26)19-14(23)11(20-21-18)9-6-4-3-5-7-9/h3-7,10-13H,8H2,1-2H3,(H,19,23)(H,25,26)/t10-,11-,12+,13+/m1/s1. The van der Waals surface area contributed by atoms with Crippen molar-refractivity contribution >= 4 is 17.8 Å². The number of carboxylic acids is 1. The number of carbonyl (C=O) groups is 3. The van der Waals surface area contributed by atoms with Crippen LogP contribution in [0.5, 0.6) is 0 Å². The molecule has 2 aliphatic heterocycles. The van der Waals surface area contributed by atoms with Gasteiger partial charge in [-0.15, -0.1) is 0 Å². The Kier molecular flexibility index (Phi) is 4.33. The molecule has 0 saturated carbocycles. The lowest BCUT2D eigenvalue weighted by molar-refractivity contribution is -0.163. The van der Waals surface area contributed by atoms with Gasteiger partial charge in [0, 0.05) is 4.91 Å².